The van der Waals surface area contributed by atoms with Gasteiger partial charge in [0, 0.05) is 11.4 Å². The minimum Gasteiger partial charge on any atom is -0.467 e. The van der Waals surface area contributed by atoms with Crippen molar-refractivity contribution in [2.45, 2.75) is 26.4 Å². The zero-order valence-electron chi connectivity index (χ0n) is 15.8. The molecule has 0 aliphatic heterocycles. The summed E-state index contributed by atoms with van der Waals surface area (Å²) in [6, 6.07) is 12.8. The number of nitrogens with zero attached hydrogens (tertiary/aromatic N) is 2. The fraction of sp³-hybridized carbons (Fsp3) is 0.250. The van der Waals surface area contributed by atoms with Crippen LogP contribution in [0.15, 0.2) is 53.1 Å². The molecule has 0 radical (unpaired) electrons. The molecule has 0 aliphatic carbocycles. The highest BCUT2D eigenvalue weighted by molar-refractivity contribution is 7.89. The smallest absolute Gasteiger partial charge is 0.269 e. The Labute approximate surface area is 162 Å². The summed E-state index contributed by atoms with van der Waals surface area (Å²) in [6.45, 7) is 4.23. The van der Waals surface area contributed by atoms with E-state index in [2.05, 4.69) is 9.88 Å². The lowest BCUT2D eigenvalue weighted by Crippen LogP contribution is -2.27. The number of hydrogen-bond donors (Lipinski definition) is 1. The van der Waals surface area contributed by atoms with Crippen molar-refractivity contribution in [2.24, 2.45) is 0 Å². The lowest BCUT2D eigenvalue weighted by Gasteiger charge is -2.10. The van der Waals surface area contributed by atoms with Gasteiger partial charge in [-0.25, -0.2) is 12.4 Å². The first-order chi connectivity index (χ1) is 13.3. The van der Waals surface area contributed by atoms with Crippen LogP contribution in [0.4, 0.5) is 0 Å². The van der Waals surface area contributed by atoms with E-state index in [0.717, 1.165) is 21.1 Å². The van der Waals surface area contributed by atoms with Crippen LogP contribution in [-0.2, 0) is 16.6 Å². The number of para-hydroxylation sites is 1. The molecule has 0 saturated carbocycles. The Bertz CT molecular complexity index is 1280. The Balaban J connectivity index is 1.94. The SMILES string of the molecule is CC(C)n1c2ccccc2c2c1cc(C(=O)NCc1ccco1)n2S(C)(=O)=O. The van der Waals surface area contributed by atoms with Crippen molar-refractivity contribution in [3.8, 4) is 0 Å². The summed E-state index contributed by atoms with van der Waals surface area (Å²) in [6.07, 6.45) is 2.63. The van der Waals surface area contributed by atoms with Crippen LogP contribution in [0.25, 0.3) is 21.9 Å². The third-order valence-corrected chi connectivity index (χ3v) is 5.74. The first kappa shape index (κ1) is 18.4. The van der Waals surface area contributed by atoms with Crippen LogP contribution in [0, 0.1) is 0 Å². The molecule has 0 unspecified atom stereocenters. The van der Waals surface area contributed by atoms with Gasteiger partial charge >= 0.3 is 0 Å². The number of hydrogen-bond acceptors (Lipinski definition) is 4. The molecule has 1 N–H and O–H groups in total. The number of benzene rings is 1. The molecule has 0 aliphatic rings. The minimum atomic E-state index is -3.72. The lowest BCUT2D eigenvalue weighted by atomic mass is 10.2. The molecule has 8 heteroatoms. The zero-order chi connectivity index (χ0) is 20.1. The van der Waals surface area contributed by atoms with E-state index < -0.39 is 15.9 Å². The van der Waals surface area contributed by atoms with Crippen LogP contribution < -0.4 is 5.32 Å². The highest BCUT2D eigenvalue weighted by atomic mass is 32.2. The Morgan fingerprint density at radius 1 is 1.14 bits per heavy atom. The first-order valence-electron chi connectivity index (χ1n) is 8.94. The van der Waals surface area contributed by atoms with Gasteiger partial charge in [-0.3, -0.25) is 4.79 Å². The molecule has 1 aromatic carbocycles. The zero-order valence-corrected chi connectivity index (χ0v) is 16.7. The second kappa shape index (κ2) is 6.56. The van der Waals surface area contributed by atoms with Gasteiger partial charge < -0.3 is 14.3 Å². The molecule has 3 heterocycles. The summed E-state index contributed by atoms with van der Waals surface area (Å²) in [7, 11) is -3.72. The first-order valence-corrected chi connectivity index (χ1v) is 10.8. The Hall–Kier alpha value is -3.00. The summed E-state index contributed by atoms with van der Waals surface area (Å²) < 4.78 is 33.7. The molecular formula is C20H21N3O4S. The number of nitrogens with one attached hydrogen (secondary N) is 1. The van der Waals surface area contributed by atoms with Gasteiger partial charge in [0.1, 0.15) is 11.5 Å². The summed E-state index contributed by atoms with van der Waals surface area (Å²) in [5, 5.41) is 3.53. The van der Waals surface area contributed by atoms with Gasteiger partial charge in [0.25, 0.3) is 5.91 Å². The van der Waals surface area contributed by atoms with E-state index in [-0.39, 0.29) is 18.3 Å². The van der Waals surface area contributed by atoms with Crippen LogP contribution in [0.5, 0.6) is 0 Å². The van der Waals surface area contributed by atoms with Crippen molar-refractivity contribution in [3.05, 3.63) is 60.2 Å². The maximum absolute atomic E-state index is 12.8. The third-order valence-electron chi connectivity index (χ3n) is 4.70. The molecular weight excluding hydrogens is 378 g/mol. The summed E-state index contributed by atoms with van der Waals surface area (Å²) in [5.74, 6) is 0.116. The Morgan fingerprint density at radius 2 is 1.89 bits per heavy atom. The molecule has 3 aromatic heterocycles. The molecule has 146 valence electrons. The van der Waals surface area contributed by atoms with Gasteiger partial charge in [0.2, 0.25) is 10.0 Å². The molecule has 0 saturated heterocycles. The van der Waals surface area contributed by atoms with Crippen molar-refractivity contribution in [1.29, 1.82) is 0 Å². The molecule has 0 atom stereocenters. The van der Waals surface area contributed by atoms with E-state index in [1.54, 1.807) is 18.2 Å². The number of carbonyl (C=O) groups is 1. The monoisotopic (exact) mass is 399 g/mol. The van der Waals surface area contributed by atoms with Crippen LogP contribution in [-0.4, -0.2) is 29.1 Å². The minimum absolute atomic E-state index is 0.0826. The number of furan rings is 1. The maximum atomic E-state index is 12.8. The van der Waals surface area contributed by atoms with E-state index in [9.17, 15) is 13.2 Å². The van der Waals surface area contributed by atoms with E-state index >= 15 is 0 Å². The predicted octanol–water partition coefficient (Wildman–Crippen LogP) is 3.51. The fourth-order valence-corrected chi connectivity index (χ4v) is 4.67. The van der Waals surface area contributed by atoms with Gasteiger partial charge in [-0.1, -0.05) is 18.2 Å². The highest BCUT2D eigenvalue weighted by Gasteiger charge is 2.27. The van der Waals surface area contributed by atoms with E-state index in [1.807, 2.05) is 38.1 Å². The molecule has 7 nitrogen and oxygen atoms in total. The average molecular weight is 399 g/mol. The van der Waals surface area contributed by atoms with Crippen molar-refractivity contribution in [2.75, 3.05) is 6.26 Å². The predicted molar refractivity (Wildman–Crippen MR) is 108 cm³/mol. The van der Waals surface area contributed by atoms with Crippen LogP contribution in [0.2, 0.25) is 0 Å². The van der Waals surface area contributed by atoms with Gasteiger partial charge in [-0.15, -0.1) is 0 Å². The summed E-state index contributed by atoms with van der Waals surface area (Å²) in [4.78, 5) is 12.8. The lowest BCUT2D eigenvalue weighted by molar-refractivity contribution is 0.0942. The topological polar surface area (TPSA) is 86.2 Å². The molecule has 0 bridgehead atoms. The van der Waals surface area contributed by atoms with Gasteiger partial charge in [0.05, 0.1) is 35.6 Å². The average Bonchev–Trinajstić information content (AvgIpc) is 3.32. The second-order valence-electron chi connectivity index (χ2n) is 7.03. The number of carbonyl (C=O) groups excluding carboxylic acids is 1. The Kier molecular flexibility index (Phi) is 4.30. The molecule has 28 heavy (non-hydrogen) atoms. The molecule has 0 fully saturated rings. The molecule has 4 aromatic rings. The van der Waals surface area contributed by atoms with Crippen molar-refractivity contribution >= 4 is 37.9 Å². The van der Waals surface area contributed by atoms with Gasteiger partial charge in [-0.2, -0.15) is 0 Å². The van der Waals surface area contributed by atoms with Crippen molar-refractivity contribution in [3.63, 3.8) is 0 Å². The van der Waals surface area contributed by atoms with Crippen molar-refractivity contribution < 1.29 is 17.6 Å². The number of aromatic nitrogens is 2. The van der Waals surface area contributed by atoms with Gasteiger partial charge in [-0.05, 0) is 38.1 Å². The number of amides is 1. The van der Waals surface area contributed by atoms with Crippen LogP contribution in [0.1, 0.15) is 36.1 Å². The summed E-state index contributed by atoms with van der Waals surface area (Å²) >= 11 is 0. The molecule has 4 rings (SSSR count). The Morgan fingerprint density at radius 3 is 2.54 bits per heavy atom. The van der Waals surface area contributed by atoms with E-state index in [0.29, 0.717) is 16.8 Å². The second-order valence-corrected chi connectivity index (χ2v) is 8.86. The maximum Gasteiger partial charge on any atom is 0.269 e. The quantitative estimate of drug-likeness (QED) is 0.556. The number of fused-ring (bicyclic) bond motifs is 3. The normalized spacial score (nSPS) is 12.3. The summed E-state index contributed by atoms with van der Waals surface area (Å²) in [5.41, 5.74) is 2.25. The van der Waals surface area contributed by atoms with Gasteiger partial charge in [0.15, 0.2) is 0 Å². The van der Waals surface area contributed by atoms with Crippen LogP contribution in [0.3, 0.4) is 0 Å². The molecule has 0 spiro atoms. The number of rotatable bonds is 5. The van der Waals surface area contributed by atoms with E-state index in [4.69, 9.17) is 4.42 Å². The third kappa shape index (κ3) is 2.90. The highest BCUT2D eigenvalue weighted by Crippen LogP contribution is 2.35. The van der Waals surface area contributed by atoms with Crippen LogP contribution >= 0.6 is 0 Å². The van der Waals surface area contributed by atoms with E-state index in [1.165, 1.54) is 6.26 Å². The fourth-order valence-electron chi connectivity index (χ4n) is 3.66. The van der Waals surface area contributed by atoms with Crippen molar-refractivity contribution in [1.82, 2.24) is 13.9 Å². The standard InChI is InChI=1S/C20H21N3O4S/c1-13(2)22-16-9-5-4-8-15(16)19-17(22)11-18(23(19)28(3,25)26)20(24)21-12-14-7-6-10-27-14/h4-11,13H,12H2,1-3H3,(H,21,24). The largest absolute Gasteiger partial charge is 0.467 e. The molecule has 1 amide bonds.